The molecule has 0 spiro atoms. The van der Waals surface area contributed by atoms with Gasteiger partial charge >= 0.3 is 0 Å². The lowest BCUT2D eigenvalue weighted by Gasteiger charge is -2.05. The highest BCUT2D eigenvalue weighted by Gasteiger charge is 2.29. The van der Waals surface area contributed by atoms with E-state index >= 15 is 0 Å². The number of nitrogens with zero attached hydrogens (tertiary/aromatic N) is 2. The number of nitrogens with one attached hydrogen (secondary N) is 2. The van der Waals surface area contributed by atoms with Crippen LogP contribution in [0.15, 0.2) is 52.5 Å². The second kappa shape index (κ2) is 8.17. The standard InChI is InChI=1S/C18H20N4O4S/c1-26-17-9-8-13(12-21-17)11-20-16(23)7-4-10-19-18-14-5-2-3-6-15(14)27(24,25)22-18/h2-3,5-6,8-9,12H,4,7,10-11H2,1H3,(H,19,22)(H,20,23). The minimum absolute atomic E-state index is 0.0987. The van der Waals surface area contributed by atoms with Crippen LogP contribution < -0.4 is 14.8 Å². The third-order valence-electron chi connectivity index (χ3n) is 3.99. The lowest BCUT2D eigenvalue weighted by atomic mass is 10.2. The molecule has 0 fully saturated rings. The molecule has 3 rings (SSSR count). The topological polar surface area (TPSA) is 110 Å². The van der Waals surface area contributed by atoms with Crippen LogP contribution in [0.4, 0.5) is 0 Å². The molecule has 1 amide bonds. The Kier molecular flexibility index (Phi) is 5.70. The molecule has 2 aromatic rings. The summed E-state index contributed by atoms with van der Waals surface area (Å²) in [6.45, 7) is 0.737. The first-order valence-electron chi connectivity index (χ1n) is 8.42. The highest BCUT2D eigenvalue weighted by atomic mass is 32.2. The Morgan fingerprint density at radius 1 is 1.26 bits per heavy atom. The van der Waals surface area contributed by atoms with Gasteiger partial charge in [0.1, 0.15) is 5.84 Å². The average molecular weight is 388 g/mol. The van der Waals surface area contributed by atoms with Crippen molar-refractivity contribution < 1.29 is 17.9 Å². The number of benzene rings is 1. The maximum atomic E-state index is 12.0. The molecule has 27 heavy (non-hydrogen) atoms. The highest BCUT2D eigenvalue weighted by molar-refractivity contribution is 7.90. The fourth-order valence-corrected chi connectivity index (χ4v) is 3.86. The highest BCUT2D eigenvalue weighted by Crippen LogP contribution is 2.22. The third kappa shape index (κ3) is 4.62. The molecule has 9 heteroatoms. The molecule has 0 saturated heterocycles. The molecule has 0 radical (unpaired) electrons. The lowest BCUT2D eigenvalue weighted by molar-refractivity contribution is -0.121. The molecule has 8 nitrogen and oxygen atoms in total. The third-order valence-corrected chi connectivity index (χ3v) is 5.39. The van der Waals surface area contributed by atoms with Crippen LogP contribution in [0.25, 0.3) is 0 Å². The van der Waals surface area contributed by atoms with Crippen molar-refractivity contribution in [3.63, 3.8) is 0 Å². The van der Waals surface area contributed by atoms with Crippen LogP contribution in [-0.2, 0) is 21.4 Å². The van der Waals surface area contributed by atoms with Crippen molar-refractivity contribution in [3.05, 3.63) is 53.7 Å². The van der Waals surface area contributed by atoms with Gasteiger partial charge in [-0.25, -0.2) is 13.4 Å². The Labute approximate surface area is 157 Å². The first kappa shape index (κ1) is 18.8. The molecule has 0 atom stereocenters. The van der Waals surface area contributed by atoms with E-state index in [0.29, 0.717) is 43.2 Å². The number of fused-ring (bicyclic) bond motifs is 1. The van der Waals surface area contributed by atoms with Gasteiger partial charge in [-0.05, 0) is 24.1 Å². The van der Waals surface area contributed by atoms with E-state index in [1.54, 1.807) is 43.6 Å². The molecule has 2 heterocycles. The molecule has 1 aliphatic heterocycles. The zero-order valence-electron chi connectivity index (χ0n) is 14.8. The molecule has 2 N–H and O–H groups in total. The zero-order valence-corrected chi connectivity index (χ0v) is 15.6. The summed E-state index contributed by atoms with van der Waals surface area (Å²) in [5, 5.41) is 2.81. The first-order chi connectivity index (χ1) is 13.0. The predicted octanol–water partition coefficient (Wildman–Crippen LogP) is 1.23. The molecule has 1 aliphatic rings. The van der Waals surface area contributed by atoms with Gasteiger partial charge in [0.15, 0.2) is 0 Å². The number of rotatable bonds is 7. The van der Waals surface area contributed by atoms with E-state index in [9.17, 15) is 13.2 Å². The number of hydrogen-bond acceptors (Lipinski definition) is 6. The maximum absolute atomic E-state index is 12.0. The van der Waals surface area contributed by atoms with E-state index in [0.717, 1.165) is 5.56 Å². The summed E-state index contributed by atoms with van der Waals surface area (Å²) in [5.74, 6) is 0.752. The molecule has 0 aliphatic carbocycles. The smallest absolute Gasteiger partial charge is 0.263 e. The van der Waals surface area contributed by atoms with Crippen molar-refractivity contribution in [1.29, 1.82) is 0 Å². The number of ether oxygens (including phenoxy) is 1. The largest absolute Gasteiger partial charge is 0.481 e. The summed E-state index contributed by atoms with van der Waals surface area (Å²) >= 11 is 0. The summed E-state index contributed by atoms with van der Waals surface area (Å²) < 4.78 is 31.4. The van der Waals surface area contributed by atoms with Crippen molar-refractivity contribution in [2.75, 3.05) is 13.7 Å². The van der Waals surface area contributed by atoms with Crippen LogP contribution in [0.5, 0.6) is 5.88 Å². The molecule has 1 aromatic carbocycles. The molecule has 0 unspecified atom stereocenters. The number of aliphatic imine (C=N–C) groups is 1. The van der Waals surface area contributed by atoms with Gasteiger partial charge in [0.25, 0.3) is 10.0 Å². The summed E-state index contributed by atoms with van der Waals surface area (Å²) in [7, 11) is -1.98. The van der Waals surface area contributed by atoms with Crippen LogP contribution >= 0.6 is 0 Å². The minimum atomic E-state index is -3.53. The number of amidine groups is 1. The van der Waals surface area contributed by atoms with Gasteiger partial charge in [0, 0.05) is 37.3 Å². The van der Waals surface area contributed by atoms with Crippen molar-refractivity contribution in [2.24, 2.45) is 4.99 Å². The van der Waals surface area contributed by atoms with Gasteiger partial charge in [0.05, 0.1) is 12.0 Å². The monoisotopic (exact) mass is 388 g/mol. The van der Waals surface area contributed by atoms with E-state index < -0.39 is 10.0 Å². The Balaban J connectivity index is 1.46. The van der Waals surface area contributed by atoms with Crippen LogP contribution in [0.3, 0.4) is 0 Å². The normalized spacial score (nSPS) is 15.8. The molecule has 142 valence electrons. The van der Waals surface area contributed by atoms with E-state index in [2.05, 4.69) is 20.0 Å². The van der Waals surface area contributed by atoms with Crippen molar-refractivity contribution in [1.82, 2.24) is 15.0 Å². The van der Waals surface area contributed by atoms with E-state index in [1.807, 2.05) is 6.07 Å². The van der Waals surface area contributed by atoms with Gasteiger partial charge in [0.2, 0.25) is 11.8 Å². The van der Waals surface area contributed by atoms with E-state index in [-0.39, 0.29) is 10.8 Å². The van der Waals surface area contributed by atoms with Gasteiger partial charge in [-0.2, -0.15) is 0 Å². The maximum Gasteiger partial charge on any atom is 0.263 e. The van der Waals surface area contributed by atoms with Gasteiger partial charge in [-0.1, -0.05) is 18.2 Å². The predicted molar refractivity (Wildman–Crippen MR) is 100 cm³/mol. The summed E-state index contributed by atoms with van der Waals surface area (Å²) in [4.78, 5) is 20.5. The number of carbonyl (C=O) groups excluding carboxylic acids is 1. The summed E-state index contributed by atoms with van der Waals surface area (Å²) in [6.07, 6.45) is 2.46. The number of hydrogen-bond donors (Lipinski definition) is 2. The quantitative estimate of drug-likeness (QED) is 0.693. The van der Waals surface area contributed by atoms with E-state index in [4.69, 9.17) is 4.74 Å². The Morgan fingerprint density at radius 3 is 2.81 bits per heavy atom. The fourth-order valence-electron chi connectivity index (χ4n) is 2.61. The number of aromatic nitrogens is 1. The second-order valence-corrected chi connectivity index (χ2v) is 7.57. The van der Waals surface area contributed by atoms with Gasteiger partial charge in [-0.3, -0.25) is 14.5 Å². The Hall–Kier alpha value is -2.94. The number of sulfonamides is 1. The molecule has 1 aromatic heterocycles. The summed E-state index contributed by atoms with van der Waals surface area (Å²) in [6, 6.07) is 10.3. The van der Waals surface area contributed by atoms with Gasteiger partial charge < -0.3 is 10.1 Å². The number of amides is 1. The summed E-state index contributed by atoms with van der Waals surface area (Å²) in [5.41, 5.74) is 1.44. The number of pyridine rings is 1. The first-order valence-corrected chi connectivity index (χ1v) is 9.90. The second-order valence-electron chi connectivity index (χ2n) is 5.92. The lowest BCUT2D eigenvalue weighted by Crippen LogP contribution is -2.23. The number of methoxy groups -OCH3 is 1. The van der Waals surface area contributed by atoms with Crippen LogP contribution in [0.2, 0.25) is 0 Å². The van der Waals surface area contributed by atoms with Crippen LogP contribution in [0, 0.1) is 0 Å². The fraction of sp³-hybridized carbons (Fsp3) is 0.278. The van der Waals surface area contributed by atoms with Crippen molar-refractivity contribution in [2.45, 2.75) is 24.3 Å². The SMILES string of the molecule is COc1ccc(CNC(=O)CCCN=C2NS(=O)(=O)c3ccccc32)cn1. The Morgan fingerprint density at radius 2 is 2.07 bits per heavy atom. The van der Waals surface area contributed by atoms with Crippen molar-refractivity contribution in [3.8, 4) is 5.88 Å². The molecular formula is C18H20N4O4S. The Bertz CT molecular complexity index is 956. The number of carbonyl (C=O) groups is 1. The molecule has 0 bridgehead atoms. The van der Waals surface area contributed by atoms with Crippen molar-refractivity contribution >= 4 is 21.8 Å². The zero-order chi connectivity index (χ0) is 19.3. The molecular weight excluding hydrogens is 368 g/mol. The van der Waals surface area contributed by atoms with Gasteiger partial charge in [-0.15, -0.1) is 0 Å². The van der Waals surface area contributed by atoms with E-state index in [1.165, 1.54) is 0 Å². The minimum Gasteiger partial charge on any atom is -0.481 e. The van der Waals surface area contributed by atoms with Crippen LogP contribution in [-0.4, -0.2) is 38.8 Å². The average Bonchev–Trinajstić information content (AvgIpc) is 2.95. The molecule has 0 saturated carbocycles. The van der Waals surface area contributed by atoms with Crippen LogP contribution in [0.1, 0.15) is 24.0 Å².